The zero-order chi connectivity index (χ0) is 15.5. The minimum Gasteiger partial charge on any atom is -0.334 e. The Kier molecular flexibility index (Phi) is 4.25. The zero-order valence-corrected chi connectivity index (χ0v) is 13.0. The van der Waals surface area contributed by atoms with Gasteiger partial charge in [-0.3, -0.25) is 4.79 Å². The molecule has 0 heterocycles. The lowest BCUT2D eigenvalue weighted by atomic mass is 9.98. The third kappa shape index (κ3) is 3.04. The van der Waals surface area contributed by atoms with Gasteiger partial charge < -0.3 is 10.6 Å². The van der Waals surface area contributed by atoms with Crippen LogP contribution in [0, 0.1) is 6.92 Å². The molecular weight excluding hydrogens is 272 g/mol. The quantitative estimate of drug-likeness (QED) is 0.920. The first-order chi connectivity index (χ1) is 10.7. The molecule has 0 radical (unpaired) electrons. The molecule has 2 aromatic rings. The molecule has 0 unspecified atom stereocenters. The van der Waals surface area contributed by atoms with Crippen LogP contribution in [-0.4, -0.2) is 29.9 Å². The van der Waals surface area contributed by atoms with Crippen molar-refractivity contribution in [2.24, 2.45) is 5.73 Å². The van der Waals surface area contributed by atoms with Crippen LogP contribution in [-0.2, 0) is 0 Å². The number of nitrogens with zero attached hydrogens (tertiary/aromatic N) is 1. The van der Waals surface area contributed by atoms with Gasteiger partial charge in [0.2, 0.25) is 0 Å². The van der Waals surface area contributed by atoms with E-state index in [9.17, 15) is 4.79 Å². The fourth-order valence-electron chi connectivity index (χ4n) is 2.78. The fraction of sp³-hybridized carbons (Fsp3) is 0.316. The van der Waals surface area contributed by atoms with Gasteiger partial charge in [-0.2, -0.15) is 0 Å². The number of carbonyl (C=O) groups excluding carboxylic acids is 1. The molecule has 2 N–H and O–H groups in total. The molecule has 0 saturated heterocycles. The third-order valence-electron chi connectivity index (χ3n) is 4.14. The Morgan fingerprint density at radius 1 is 1.14 bits per heavy atom. The van der Waals surface area contributed by atoms with Crippen molar-refractivity contribution >= 4 is 5.91 Å². The molecule has 1 aliphatic rings. The lowest BCUT2D eigenvalue weighted by Gasteiger charge is -2.23. The number of hydrogen-bond acceptors (Lipinski definition) is 2. The Balaban J connectivity index is 1.96. The van der Waals surface area contributed by atoms with E-state index in [0.29, 0.717) is 19.1 Å². The first kappa shape index (κ1) is 14.8. The van der Waals surface area contributed by atoms with Crippen LogP contribution in [0.5, 0.6) is 0 Å². The number of carbonyl (C=O) groups is 1. The number of rotatable bonds is 5. The maximum Gasteiger partial charge on any atom is 0.254 e. The molecule has 22 heavy (non-hydrogen) atoms. The van der Waals surface area contributed by atoms with Crippen molar-refractivity contribution in [2.75, 3.05) is 13.1 Å². The summed E-state index contributed by atoms with van der Waals surface area (Å²) < 4.78 is 0. The lowest BCUT2D eigenvalue weighted by molar-refractivity contribution is 0.0749. The highest BCUT2D eigenvalue weighted by Gasteiger charge is 2.33. The van der Waals surface area contributed by atoms with Crippen LogP contribution < -0.4 is 5.73 Å². The second-order valence-corrected chi connectivity index (χ2v) is 5.93. The van der Waals surface area contributed by atoms with Gasteiger partial charge in [0.05, 0.1) is 0 Å². The van der Waals surface area contributed by atoms with E-state index in [1.54, 1.807) is 0 Å². The van der Waals surface area contributed by atoms with Crippen LogP contribution in [0.1, 0.15) is 28.8 Å². The van der Waals surface area contributed by atoms with Gasteiger partial charge in [-0.1, -0.05) is 48.0 Å². The summed E-state index contributed by atoms with van der Waals surface area (Å²) in [5.41, 5.74) is 9.75. The van der Waals surface area contributed by atoms with E-state index in [1.165, 1.54) is 5.56 Å². The average molecular weight is 294 g/mol. The first-order valence-electron chi connectivity index (χ1n) is 7.88. The normalized spacial score (nSPS) is 13.9. The second-order valence-electron chi connectivity index (χ2n) is 5.93. The van der Waals surface area contributed by atoms with Gasteiger partial charge in [-0.25, -0.2) is 0 Å². The number of hydrogen-bond donors (Lipinski definition) is 1. The molecule has 2 aromatic carbocycles. The van der Waals surface area contributed by atoms with Crippen molar-refractivity contribution < 1.29 is 4.79 Å². The van der Waals surface area contributed by atoms with E-state index in [0.717, 1.165) is 29.5 Å². The van der Waals surface area contributed by atoms with Crippen molar-refractivity contribution in [1.82, 2.24) is 4.90 Å². The van der Waals surface area contributed by atoms with Gasteiger partial charge >= 0.3 is 0 Å². The highest BCUT2D eigenvalue weighted by Crippen LogP contribution is 2.31. The SMILES string of the molecule is Cc1ccc(-c2ccccc2C(=O)N(CCN)C2CC2)cc1. The summed E-state index contributed by atoms with van der Waals surface area (Å²) in [6.45, 7) is 3.21. The van der Waals surface area contributed by atoms with E-state index in [2.05, 4.69) is 31.2 Å². The molecular formula is C19H22N2O. The van der Waals surface area contributed by atoms with Crippen LogP contribution in [0.4, 0.5) is 0 Å². The third-order valence-corrected chi connectivity index (χ3v) is 4.14. The van der Waals surface area contributed by atoms with Crippen LogP contribution in [0.2, 0.25) is 0 Å². The smallest absolute Gasteiger partial charge is 0.254 e. The highest BCUT2D eigenvalue weighted by atomic mass is 16.2. The number of benzene rings is 2. The fourth-order valence-corrected chi connectivity index (χ4v) is 2.78. The molecule has 1 fully saturated rings. The van der Waals surface area contributed by atoms with Crippen molar-refractivity contribution in [3.05, 3.63) is 59.7 Å². The Bertz CT molecular complexity index is 659. The van der Waals surface area contributed by atoms with Crippen molar-refractivity contribution in [3.63, 3.8) is 0 Å². The molecule has 114 valence electrons. The summed E-state index contributed by atoms with van der Waals surface area (Å²) in [6, 6.07) is 16.5. The van der Waals surface area contributed by atoms with Crippen molar-refractivity contribution in [2.45, 2.75) is 25.8 Å². The summed E-state index contributed by atoms with van der Waals surface area (Å²) in [6.07, 6.45) is 2.19. The molecule has 0 spiro atoms. The van der Waals surface area contributed by atoms with E-state index >= 15 is 0 Å². The summed E-state index contributed by atoms with van der Waals surface area (Å²) in [5, 5.41) is 0. The Labute approximate surface area is 131 Å². The van der Waals surface area contributed by atoms with Gasteiger partial charge in [0.25, 0.3) is 5.91 Å². The molecule has 1 aliphatic carbocycles. The Hall–Kier alpha value is -2.13. The molecule has 0 aliphatic heterocycles. The van der Waals surface area contributed by atoms with Gasteiger partial charge in [-0.05, 0) is 37.0 Å². The van der Waals surface area contributed by atoms with E-state index < -0.39 is 0 Å². The maximum atomic E-state index is 12.9. The standard InChI is InChI=1S/C19H22N2O/c1-14-6-8-15(9-7-14)17-4-2-3-5-18(17)19(22)21(13-12-20)16-10-11-16/h2-9,16H,10-13,20H2,1H3. The van der Waals surface area contributed by atoms with Crippen molar-refractivity contribution in [1.29, 1.82) is 0 Å². The lowest BCUT2D eigenvalue weighted by Crippen LogP contribution is -2.37. The summed E-state index contributed by atoms with van der Waals surface area (Å²) in [4.78, 5) is 14.9. The molecule has 0 aromatic heterocycles. The topological polar surface area (TPSA) is 46.3 Å². The minimum absolute atomic E-state index is 0.101. The van der Waals surface area contributed by atoms with E-state index in [4.69, 9.17) is 5.73 Å². The number of amides is 1. The summed E-state index contributed by atoms with van der Waals surface area (Å²) >= 11 is 0. The molecule has 0 atom stereocenters. The Morgan fingerprint density at radius 3 is 2.45 bits per heavy atom. The minimum atomic E-state index is 0.101. The van der Waals surface area contributed by atoms with E-state index in [1.807, 2.05) is 29.2 Å². The molecule has 3 nitrogen and oxygen atoms in total. The molecule has 3 heteroatoms. The van der Waals surface area contributed by atoms with Crippen LogP contribution in [0.25, 0.3) is 11.1 Å². The van der Waals surface area contributed by atoms with Gasteiger partial charge in [0.15, 0.2) is 0 Å². The second kappa shape index (κ2) is 6.32. The average Bonchev–Trinajstić information content (AvgIpc) is 3.37. The predicted molar refractivity (Wildman–Crippen MR) is 89.7 cm³/mol. The molecule has 3 rings (SSSR count). The monoisotopic (exact) mass is 294 g/mol. The first-order valence-corrected chi connectivity index (χ1v) is 7.88. The van der Waals surface area contributed by atoms with Gasteiger partial charge in [0, 0.05) is 24.7 Å². The molecule has 0 bridgehead atoms. The van der Waals surface area contributed by atoms with Crippen LogP contribution in [0.3, 0.4) is 0 Å². The highest BCUT2D eigenvalue weighted by molar-refractivity contribution is 6.01. The zero-order valence-electron chi connectivity index (χ0n) is 13.0. The molecule has 1 amide bonds. The van der Waals surface area contributed by atoms with E-state index in [-0.39, 0.29) is 5.91 Å². The maximum absolute atomic E-state index is 12.9. The summed E-state index contributed by atoms with van der Waals surface area (Å²) in [7, 11) is 0. The Morgan fingerprint density at radius 2 is 1.82 bits per heavy atom. The van der Waals surface area contributed by atoms with Crippen LogP contribution >= 0.6 is 0 Å². The van der Waals surface area contributed by atoms with Gasteiger partial charge in [-0.15, -0.1) is 0 Å². The van der Waals surface area contributed by atoms with Crippen LogP contribution in [0.15, 0.2) is 48.5 Å². The number of nitrogens with two attached hydrogens (primary N) is 1. The van der Waals surface area contributed by atoms with Gasteiger partial charge in [0.1, 0.15) is 0 Å². The molecule has 1 saturated carbocycles. The summed E-state index contributed by atoms with van der Waals surface area (Å²) in [5.74, 6) is 0.101. The largest absolute Gasteiger partial charge is 0.334 e. The number of aryl methyl sites for hydroxylation is 1. The van der Waals surface area contributed by atoms with Crippen molar-refractivity contribution in [3.8, 4) is 11.1 Å². The predicted octanol–water partition coefficient (Wildman–Crippen LogP) is 3.23.